The second-order valence-electron chi connectivity index (χ2n) is 5.88. The molecule has 4 N–H and O–H groups in total. The summed E-state index contributed by atoms with van der Waals surface area (Å²) in [5.74, 6) is 0. The summed E-state index contributed by atoms with van der Waals surface area (Å²) in [6, 6.07) is 12.6. The Kier molecular flexibility index (Phi) is 5.85. The molecule has 136 valence electrons. The Morgan fingerprint density at radius 3 is 2.46 bits per heavy atom. The van der Waals surface area contributed by atoms with E-state index in [2.05, 4.69) is 15.6 Å². The van der Waals surface area contributed by atoms with Crippen LogP contribution < -0.4 is 16.4 Å². The summed E-state index contributed by atoms with van der Waals surface area (Å²) in [5.41, 5.74) is 7.91. The number of carbonyl (C=O) groups is 1. The molecule has 26 heavy (non-hydrogen) atoms. The topological polar surface area (TPSA) is 88.7 Å². The van der Waals surface area contributed by atoms with E-state index in [9.17, 15) is 4.79 Å². The lowest BCUT2D eigenvalue weighted by molar-refractivity contribution is 0.262. The number of hydrogen-bond acceptors (Lipinski definition) is 4. The van der Waals surface area contributed by atoms with Crippen molar-refractivity contribution in [1.82, 2.24) is 0 Å². The van der Waals surface area contributed by atoms with Crippen LogP contribution in [-0.4, -0.2) is 24.7 Å². The van der Waals surface area contributed by atoms with Gasteiger partial charge in [-0.25, -0.2) is 9.79 Å². The molecule has 1 aliphatic heterocycles. The number of ether oxygens (including phenoxy) is 1. The number of anilines is 2. The van der Waals surface area contributed by atoms with Gasteiger partial charge in [0, 0.05) is 11.4 Å². The van der Waals surface area contributed by atoms with Gasteiger partial charge in [0.15, 0.2) is 0 Å². The number of nitrogens with one attached hydrogen (secondary N) is 2. The van der Waals surface area contributed by atoms with Crippen LogP contribution in [0.4, 0.5) is 16.2 Å². The van der Waals surface area contributed by atoms with Gasteiger partial charge in [-0.1, -0.05) is 35.3 Å². The summed E-state index contributed by atoms with van der Waals surface area (Å²) in [7, 11) is 0. The standard InChI is InChI=1S/C18H18Cl2N4O2/c19-15-8-7-13(9-16(15)20)24-18(25)23-12-4-1-11(2-5-12)3-6-14-10-26-17(21)22-14/h1-2,4-5,7-9,14H,3,6,10H2,(H2,21,22)(H2,23,24,25)/t14-/m0/s1. The number of aliphatic imine (C=N–C) groups is 1. The molecule has 0 fully saturated rings. The molecule has 0 unspecified atom stereocenters. The van der Waals surface area contributed by atoms with Crippen LogP contribution in [0.15, 0.2) is 47.5 Å². The third-order valence-corrected chi connectivity index (χ3v) is 4.63. The fraction of sp³-hybridized carbons (Fsp3) is 0.222. The van der Waals surface area contributed by atoms with Gasteiger partial charge >= 0.3 is 6.03 Å². The number of hydrogen-bond donors (Lipinski definition) is 3. The summed E-state index contributed by atoms with van der Waals surface area (Å²) >= 11 is 11.8. The number of aryl methyl sites for hydroxylation is 1. The zero-order chi connectivity index (χ0) is 18.5. The second-order valence-corrected chi connectivity index (χ2v) is 6.69. The van der Waals surface area contributed by atoms with Crippen LogP contribution in [0.1, 0.15) is 12.0 Å². The maximum absolute atomic E-state index is 12.1. The quantitative estimate of drug-likeness (QED) is 0.708. The van der Waals surface area contributed by atoms with Crippen molar-refractivity contribution in [2.45, 2.75) is 18.9 Å². The number of rotatable bonds is 5. The molecule has 0 aliphatic carbocycles. The smallest absolute Gasteiger partial charge is 0.323 e. The van der Waals surface area contributed by atoms with Gasteiger partial charge in [-0.05, 0) is 48.7 Å². The van der Waals surface area contributed by atoms with Gasteiger partial charge in [-0.15, -0.1) is 0 Å². The third-order valence-electron chi connectivity index (χ3n) is 3.89. The lowest BCUT2D eigenvalue weighted by Gasteiger charge is -2.09. The number of amidine groups is 1. The van der Waals surface area contributed by atoms with Crippen LogP contribution in [0, 0.1) is 0 Å². The first-order valence-electron chi connectivity index (χ1n) is 8.07. The van der Waals surface area contributed by atoms with Gasteiger partial charge in [-0.2, -0.15) is 0 Å². The van der Waals surface area contributed by atoms with Crippen LogP contribution in [-0.2, 0) is 11.2 Å². The Balaban J connectivity index is 1.50. The molecule has 6 nitrogen and oxygen atoms in total. The molecule has 1 aliphatic rings. The van der Waals surface area contributed by atoms with Gasteiger partial charge in [0.25, 0.3) is 6.02 Å². The van der Waals surface area contributed by atoms with Crippen molar-refractivity contribution in [3.05, 3.63) is 58.1 Å². The zero-order valence-electron chi connectivity index (χ0n) is 13.8. The average Bonchev–Trinajstić information content (AvgIpc) is 3.03. The second kappa shape index (κ2) is 8.29. The van der Waals surface area contributed by atoms with E-state index in [1.54, 1.807) is 18.2 Å². The first-order valence-corrected chi connectivity index (χ1v) is 8.83. The van der Waals surface area contributed by atoms with Crippen molar-refractivity contribution in [1.29, 1.82) is 0 Å². The fourth-order valence-electron chi connectivity index (χ4n) is 2.54. The molecule has 8 heteroatoms. The van der Waals surface area contributed by atoms with Crippen LogP contribution in [0.25, 0.3) is 0 Å². The first kappa shape index (κ1) is 18.4. The number of nitrogens with zero attached hydrogens (tertiary/aromatic N) is 1. The van der Waals surface area contributed by atoms with Gasteiger partial charge in [0.2, 0.25) is 0 Å². The molecule has 1 heterocycles. The molecule has 0 aromatic heterocycles. The van der Waals surface area contributed by atoms with Crippen molar-refractivity contribution in [3.63, 3.8) is 0 Å². The van der Waals surface area contributed by atoms with E-state index in [-0.39, 0.29) is 18.1 Å². The molecule has 2 aromatic rings. The summed E-state index contributed by atoms with van der Waals surface area (Å²) in [6.45, 7) is 0.542. The largest absolute Gasteiger partial charge is 0.463 e. The molecule has 0 radical (unpaired) electrons. The minimum absolute atomic E-state index is 0.116. The van der Waals surface area contributed by atoms with E-state index in [4.69, 9.17) is 33.7 Å². The Morgan fingerprint density at radius 2 is 1.81 bits per heavy atom. The monoisotopic (exact) mass is 392 g/mol. The molecule has 0 spiro atoms. The predicted molar refractivity (Wildman–Crippen MR) is 105 cm³/mol. The SMILES string of the molecule is NC1=N[C@@H](CCc2ccc(NC(=O)Nc3ccc(Cl)c(Cl)c3)cc2)CO1. The molecule has 3 rings (SSSR count). The van der Waals surface area contributed by atoms with E-state index in [0.717, 1.165) is 18.4 Å². The molecule has 2 amide bonds. The Bertz CT molecular complexity index is 824. The summed E-state index contributed by atoms with van der Waals surface area (Å²) in [6.07, 6.45) is 1.73. The Hall–Kier alpha value is -2.44. The van der Waals surface area contributed by atoms with Crippen LogP contribution in [0.5, 0.6) is 0 Å². The summed E-state index contributed by atoms with van der Waals surface area (Å²) in [5, 5.41) is 6.29. The molecule has 1 atom stereocenters. The molecule has 0 bridgehead atoms. The van der Waals surface area contributed by atoms with E-state index < -0.39 is 0 Å². The van der Waals surface area contributed by atoms with E-state index in [0.29, 0.717) is 28.0 Å². The molecule has 0 saturated carbocycles. The first-order chi connectivity index (χ1) is 12.5. The van der Waals surface area contributed by atoms with E-state index in [1.165, 1.54) is 0 Å². The maximum Gasteiger partial charge on any atom is 0.323 e. The molecule has 2 aromatic carbocycles. The molecule has 0 saturated heterocycles. The number of urea groups is 1. The Labute approximate surface area is 161 Å². The molecular weight excluding hydrogens is 375 g/mol. The van der Waals surface area contributed by atoms with Crippen molar-refractivity contribution < 1.29 is 9.53 Å². The van der Waals surface area contributed by atoms with Gasteiger partial charge in [-0.3, -0.25) is 0 Å². The number of benzene rings is 2. The van der Waals surface area contributed by atoms with Crippen LogP contribution in [0.2, 0.25) is 10.0 Å². The number of nitrogens with two attached hydrogens (primary N) is 1. The highest BCUT2D eigenvalue weighted by Gasteiger charge is 2.16. The van der Waals surface area contributed by atoms with Crippen LogP contribution in [0.3, 0.4) is 0 Å². The minimum Gasteiger partial charge on any atom is -0.463 e. The van der Waals surface area contributed by atoms with Crippen molar-refractivity contribution >= 4 is 46.6 Å². The normalized spacial score (nSPS) is 15.9. The van der Waals surface area contributed by atoms with Gasteiger partial charge in [0.05, 0.1) is 16.1 Å². The van der Waals surface area contributed by atoms with Gasteiger partial charge in [0.1, 0.15) is 6.61 Å². The van der Waals surface area contributed by atoms with Crippen molar-refractivity contribution in [2.24, 2.45) is 10.7 Å². The highest BCUT2D eigenvalue weighted by Crippen LogP contribution is 2.25. The summed E-state index contributed by atoms with van der Waals surface area (Å²) in [4.78, 5) is 16.3. The van der Waals surface area contributed by atoms with Crippen molar-refractivity contribution in [3.8, 4) is 0 Å². The molecular formula is C18H18Cl2N4O2. The van der Waals surface area contributed by atoms with Crippen LogP contribution >= 0.6 is 23.2 Å². The highest BCUT2D eigenvalue weighted by molar-refractivity contribution is 6.42. The van der Waals surface area contributed by atoms with E-state index in [1.807, 2.05) is 24.3 Å². The van der Waals surface area contributed by atoms with E-state index >= 15 is 0 Å². The number of halogens is 2. The summed E-state index contributed by atoms with van der Waals surface area (Å²) < 4.78 is 5.14. The lowest BCUT2D eigenvalue weighted by Crippen LogP contribution is -2.19. The Morgan fingerprint density at radius 1 is 1.12 bits per heavy atom. The third kappa shape index (κ3) is 5.03. The van der Waals surface area contributed by atoms with Crippen molar-refractivity contribution in [2.75, 3.05) is 17.2 Å². The highest BCUT2D eigenvalue weighted by atomic mass is 35.5. The maximum atomic E-state index is 12.1. The minimum atomic E-state index is -0.357. The fourth-order valence-corrected chi connectivity index (χ4v) is 2.84. The number of amides is 2. The number of carbonyl (C=O) groups excluding carboxylic acids is 1. The predicted octanol–water partition coefficient (Wildman–Crippen LogP) is 4.28. The zero-order valence-corrected chi connectivity index (χ0v) is 15.3. The van der Waals surface area contributed by atoms with Gasteiger partial charge < -0.3 is 21.1 Å². The lowest BCUT2D eigenvalue weighted by atomic mass is 10.1. The average molecular weight is 393 g/mol.